The van der Waals surface area contributed by atoms with Crippen LogP contribution in [-0.2, 0) is 11.3 Å². The molecule has 4 aromatic rings. The lowest BCUT2D eigenvalue weighted by Crippen LogP contribution is -2.60. The van der Waals surface area contributed by atoms with Gasteiger partial charge < -0.3 is 24.8 Å². The molecule has 10 heteroatoms. The molecule has 36 heavy (non-hydrogen) atoms. The fourth-order valence-electron chi connectivity index (χ4n) is 5.02. The van der Waals surface area contributed by atoms with Crippen LogP contribution in [0.5, 0.6) is 11.6 Å². The van der Waals surface area contributed by atoms with Gasteiger partial charge >= 0.3 is 0 Å². The van der Waals surface area contributed by atoms with Crippen molar-refractivity contribution in [2.24, 2.45) is 0 Å². The third-order valence-corrected chi connectivity index (χ3v) is 6.77. The van der Waals surface area contributed by atoms with Gasteiger partial charge in [-0.15, -0.1) is 0 Å². The summed E-state index contributed by atoms with van der Waals surface area (Å²) in [4.78, 5) is 29.0. The van der Waals surface area contributed by atoms with E-state index in [0.717, 1.165) is 23.6 Å². The SMILES string of the molecule is C=CC(=O)N1CC(N2CCn3c2c(-c2ccc(Oc4cccc(C)n4)c(F)c2)c2c(N)ncnc23)C1. The maximum atomic E-state index is 15.3. The number of aromatic nitrogens is 4. The Labute approximate surface area is 206 Å². The summed E-state index contributed by atoms with van der Waals surface area (Å²) in [6.07, 6.45) is 2.77. The number of aryl methyl sites for hydroxylation is 1. The maximum Gasteiger partial charge on any atom is 0.246 e. The number of likely N-dealkylation sites (tertiary alicyclic amines) is 1. The molecular formula is C26H24FN7O2. The van der Waals surface area contributed by atoms with Gasteiger partial charge in [0.05, 0.1) is 11.4 Å². The van der Waals surface area contributed by atoms with Crippen LogP contribution in [0.4, 0.5) is 16.0 Å². The molecule has 0 radical (unpaired) electrons. The second-order valence-electron chi connectivity index (χ2n) is 8.97. The number of hydrogen-bond acceptors (Lipinski definition) is 7. The molecule has 1 aromatic carbocycles. The van der Waals surface area contributed by atoms with E-state index in [2.05, 4.69) is 31.0 Å². The lowest BCUT2D eigenvalue weighted by atomic mass is 10.0. The Morgan fingerprint density at radius 1 is 1.22 bits per heavy atom. The van der Waals surface area contributed by atoms with Gasteiger partial charge in [0.1, 0.15) is 23.6 Å². The van der Waals surface area contributed by atoms with Crippen molar-refractivity contribution in [1.29, 1.82) is 0 Å². The molecule has 1 saturated heterocycles. The van der Waals surface area contributed by atoms with Gasteiger partial charge in [0.2, 0.25) is 11.8 Å². The molecule has 182 valence electrons. The first-order valence-electron chi connectivity index (χ1n) is 11.7. The number of nitrogen functional groups attached to an aromatic ring is 1. The number of fused-ring (bicyclic) bond motifs is 3. The normalized spacial score (nSPS) is 15.2. The minimum Gasteiger partial charge on any atom is -0.436 e. The Bertz CT molecular complexity index is 1530. The van der Waals surface area contributed by atoms with Crippen LogP contribution in [-0.4, -0.2) is 56.0 Å². The highest BCUT2D eigenvalue weighted by atomic mass is 19.1. The predicted molar refractivity (Wildman–Crippen MR) is 134 cm³/mol. The summed E-state index contributed by atoms with van der Waals surface area (Å²) in [5.41, 5.74) is 9.21. The van der Waals surface area contributed by atoms with Crippen molar-refractivity contribution < 1.29 is 13.9 Å². The summed E-state index contributed by atoms with van der Waals surface area (Å²) in [7, 11) is 0. The average molecular weight is 486 g/mol. The van der Waals surface area contributed by atoms with Crippen LogP contribution in [0.1, 0.15) is 5.69 Å². The standard InChI is InChI=1S/C26H24FN7O2/c1-3-21(35)32-12-17(13-32)33-9-10-34-25-23(24(28)29-14-30-25)22(26(33)34)16-7-8-19(18(27)11-16)36-20-6-4-5-15(2)31-20/h3-8,11,14,17H,1,9-10,12-13H2,2H3,(H2,28,29,30). The Kier molecular flexibility index (Phi) is 5.10. The molecule has 0 bridgehead atoms. The predicted octanol–water partition coefficient (Wildman–Crippen LogP) is 3.53. The van der Waals surface area contributed by atoms with E-state index >= 15 is 4.39 Å². The zero-order valence-electron chi connectivity index (χ0n) is 19.7. The number of rotatable bonds is 5. The molecular weight excluding hydrogens is 461 g/mol. The van der Waals surface area contributed by atoms with Gasteiger partial charge in [-0.2, -0.15) is 0 Å². The number of hydrogen-bond donors (Lipinski definition) is 1. The number of amides is 1. The summed E-state index contributed by atoms with van der Waals surface area (Å²) < 4.78 is 23.1. The second-order valence-corrected chi connectivity index (χ2v) is 8.97. The van der Waals surface area contributed by atoms with E-state index in [1.165, 1.54) is 18.5 Å². The Morgan fingerprint density at radius 2 is 2.06 bits per heavy atom. The van der Waals surface area contributed by atoms with Crippen LogP contribution >= 0.6 is 0 Å². The van der Waals surface area contributed by atoms with E-state index in [1.807, 2.05) is 19.1 Å². The van der Waals surface area contributed by atoms with Gasteiger partial charge in [-0.25, -0.2) is 19.3 Å². The molecule has 2 aliphatic rings. The van der Waals surface area contributed by atoms with Crippen LogP contribution in [0, 0.1) is 12.7 Å². The van der Waals surface area contributed by atoms with Gasteiger partial charge in [-0.05, 0) is 36.8 Å². The monoisotopic (exact) mass is 485 g/mol. The van der Waals surface area contributed by atoms with Crippen LogP contribution < -0.4 is 15.4 Å². The molecule has 0 spiro atoms. The van der Waals surface area contributed by atoms with Crippen molar-refractivity contribution >= 4 is 28.6 Å². The number of nitrogens with two attached hydrogens (primary N) is 1. The van der Waals surface area contributed by atoms with E-state index in [0.29, 0.717) is 47.9 Å². The molecule has 2 aliphatic heterocycles. The number of carbonyl (C=O) groups excluding carboxylic acids is 1. The number of benzene rings is 1. The fourth-order valence-corrected chi connectivity index (χ4v) is 5.02. The van der Waals surface area contributed by atoms with Gasteiger partial charge in [-0.1, -0.05) is 18.7 Å². The average Bonchev–Trinajstić information content (AvgIpc) is 3.39. The largest absolute Gasteiger partial charge is 0.436 e. The number of anilines is 2. The lowest BCUT2D eigenvalue weighted by molar-refractivity contribution is -0.130. The number of nitrogens with zero attached hydrogens (tertiary/aromatic N) is 6. The van der Waals surface area contributed by atoms with Gasteiger partial charge in [0.15, 0.2) is 11.6 Å². The van der Waals surface area contributed by atoms with Crippen LogP contribution in [0.3, 0.4) is 0 Å². The maximum absolute atomic E-state index is 15.3. The third kappa shape index (κ3) is 3.44. The topological polar surface area (TPSA) is 102 Å². The molecule has 6 rings (SSSR count). The molecule has 0 unspecified atom stereocenters. The molecule has 5 heterocycles. The zero-order valence-corrected chi connectivity index (χ0v) is 19.7. The highest BCUT2D eigenvalue weighted by Gasteiger charge is 2.40. The van der Waals surface area contributed by atoms with Gasteiger partial charge in [-0.3, -0.25) is 4.79 Å². The highest BCUT2D eigenvalue weighted by Crippen LogP contribution is 2.46. The summed E-state index contributed by atoms with van der Waals surface area (Å²) in [5.74, 6) is 1.04. The Balaban J connectivity index is 1.41. The van der Waals surface area contributed by atoms with Crippen LogP contribution in [0.2, 0.25) is 0 Å². The summed E-state index contributed by atoms with van der Waals surface area (Å²) in [5, 5.41) is 0.684. The smallest absolute Gasteiger partial charge is 0.246 e. The van der Waals surface area contributed by atoms with Crippen LogP contribution in [0.15, 0.2) is 55.4 Å². The lowest BCUT2D eigenvalue weighted by Gasteiger charge is -2.44. The Hall–Kier alpha value is -4.47. The summed E-state index contributed by atoms with van der Waals surface area (Å²) in [6.45, 7) is 8.07. The fraction of sp³-hybridized carbons (Fsp3) is 0.231. The second kappa shape index (κ2) is 8.33. The van der Waals surface area contributed by atoms with E-state index in [-0.39, 0.29) is 17.7 Å². The minimum absolute atomic E-state index is 0.0793. The molecule has 3 aromatic heterocycles. The van der Waals surface area contributed by atoms with Crippen molar-refractivity contribution in [3.63, 3.8) is 0 Å². The first-order chi connectivity index (χ1) is 17.4. The van der Waals surface area contributed by atoms with Crippen molar-refractivity contribution in [3.05, 3.63) is 66.9 Å². The van der Waals surface area contributed by atoms with E-state index in [1.54, 1.807) is 23.1 Å². The van der Waals surface area contributed by atoms with Gasteiger partial charge in [0.25, 0.3) is 0 Å². The van der Waals surface area contributed by atoms with E-state index in [9.17, 15) is 4.79 Å². The third-order valence-electron chi connectivity index (χ3n) is 6.77. The number of pyridine rings is 1. The van der Waals surface area contributed by atoms with Crippen molar-refractivity contribution in [2.45, 2.75) is 19.5 Å². The molecule has 0 atom stereocenters. The number of halogens is 1. The molecule has 0 aliphatic carbocycles. The number of ether oxygens (including phenoxy) is 1. The first kappa shape index (κ1) is 22.0. The molecule has 0 saturated carbocycles. The summed E-state index contributed by atoms with van der Waals surface area (Å²) in [6, 6.07) is 10.3. The first-order valence-corrected chi connectivity index (χ1v) is 11.7. The van der Waals surface area contributed by atoms with Crippen LogP contribution in [0.25, 0.3) is 22.2 Å². The Morgan fingerprint density at radius 3 is 2.81 bits per heavy atom. The summed E-state index contributed by atoms with van der Waals surface area (Å²) >= 11 is 0. The van der Waals surface area contributed by atoms with Gasteiger partial charge in [0, 0.05) is 43.5 Å². The molecule has 1 fully saturated rings. The van der Waals surface area contributed by atoms with Crippen molar-refractivity contribution in [1.82, 2.24) is 24.4 Å². The molecule has 1 amide bonds. The van der Waals surface area contributed by atoms with Crippen molar-refractivity contribution in [2.75, 3.05) is 30.3 Å². The minimum atomic E-state index is -0.518. The number of carbonyl (C=O) groups is 1. The van der Waals surface area contributed by atoms with Crippen molar-refractivity contribution in [3.8, 4) is 22.8 Å². The molecule has 2 N–H and O–H groups in total. The van der Waals surface area contributed by atoms with E-state index < -0.39 is 5.82 Å². The van der Waals surface area contributed by atoms with E-state index in [4.69, 9.17) is 10.5 Å². The zero-order chi connectivity index (χ0) is 25.0. The molecule has 9 nitrogen and oxygen atoms in total. The highest BCUT2D eigenvalue weighted by molar-refractivity contribution is 6.07. The quantitative estimate of drug-likeness (QED) is 0.432.